The van der Waals surface area contributed by atoms with Crippen molar-refractivity contribution >= 4 is 0 Å². The highest BCUT2D eigenvalue weighted by atomic mass is 16.3. The molecule has 0 spiro atoms. The largest absolute Gasteiger partial charge is 0.469 e. The topological polar surface area (TPSA) is 51.0 Å². The van der Waals surface area contributed by atoms with Gasteiger partial charge in [-0.3, -0.25) is 0 Å². The normalized spacial score (nSPS) is 12.6. The van der Waals surface area contributed by atoms with Crippen LogP contribution in [0, 0.1) is 26.7 Å². The first-order chi connectivity index (χ1) is 10.0. The minimum Gasteiger partial charge on any atom is -0.469 e. The van der Waals surface area contributed by atoms with Crippen molar-refractivity contribution in [2.75, 3.05) is 13.1 Å². The molecule has 0 aromatic carbocycles. The lowest BCUT2D eigenvalue weighted by molar-refractivity contribution is 0.517. The van der Waals surface area contributed by atoms with Crippen LogP contribution in [0.4, 0.5) is 0 Å². The summed E-state index contributed by atoms with van der Waals surface area (Å²) >= 11 is 0. The van der Waals surface area contributed by atoms with Gasteiger partial charge in [0.15, 0.2) is 5.82 Å². The molecule has 0 radical (unpaired) electrons. The molecule has 0 aliphatic carbocycles. The first kappa shape index (κ1) is 15.7. The summed E-state index contributed by atoms with van der Waals surface area (Å²) in [5.74, 6) is 2.20. The zero-order valence-corrected chi connectivity index (χ0v) is 13.7. The van der Waals surface area contributed by atoms with E-state index in [2.05, 4.69) is 43.0 Å². The Kier molecular flexibility index (Phi) is 5.12. The number of nitrogens with one attached hydrogen (secondary N) is 1. The zero-order valence-electron chi connectivity index (χ0n) is 13.7. The monoisotopic (exact) mass is 287 g/mol. The summed E-state index contributed by atoms with van der Waals surface area (Å²) in [6.45, 7) is 12.5. The maximum Gasteiger partial charge on any atom is 0.163 e. The lowest BCUT2D eigenvalue weighted by atomic mass is 9.98. The number of furan rings is 1. The third-order valence-corrected chi connectivity index (χ3v) is 3.82. The quantitative estimate of drug-likeness (QED) is 0.884. The van der Waals surface area contributed by atoms with Crippen LogP contribution in [-0.2, 0) is 6.42 Å². The third kappa shape index (κ3) is 3.70. The van der Waals surface area contributed by atoms with Gasteiger partial charge in [0, 0.05) is 11.4 Å². The van der Waals surface area contributed by atoms with E-state index in [9.17, 15) is 0 Å². The van der Waals surface area contributed by atoms with Gasteiger partial charge in [-0.1, -0.05) is 13.8 Å². The van der Waals surface area contributed by atoms with E-state index in [0.29, 0.717) is 5.92 Å². The molecule has 1 unspecified atom stereocenters. The molecule has 2 aromatic heterocycles. The molecular weight excluding hydrogens is 262 g/mol. The van der Waals surface area contributed by atoms with E-state index < -0.39 is 0 Å². The predicted octanol–water partition coefficient (Wildman–Crippen LogP) is 3.45. The number of nitrogens with zero attached hydrogens (tertiary/aromatic N) is 2. The van der Waals surface area contributed by atoms with Crippen LogP contribution in [0.25, 0.3) is 11.4 Å². The maximum atomic E-state index is 5.35. The van der Waals surface area contributed by atoms with Crippen molar-refractivity contribution in [2.45, 2.75) is 41.0 Å². The van der Waals surface area contributed by atoms with E-state index >= 15 is 0 Å². The van der Waals surface area contributed by atoms with Gasteiger partial charge in [0.1, 0.15) is 5.76 Å². The Morgan fingerprint density at radius 2 is 1.86 bits per heavy atom. The van der Waals surface area contributed by atoms with Crippen LogP contribution in [-0.4, -0.2) is 23.1 Å². The summed E-state index contributed by atoms with van der Waals surface area (Å²) in [7, 11) is 0. The van der Waals surface area contributed by atoms with Gasteiger partial charge in [0.05, 0.1) is 11.8 Å². The number of hydrogen-bond acceptors (Lipinski definition) is 4. The van der Waals surface area contributed by atoms with Crippen LogP contribution in [0.2, 0.25) is 0 Å². The van der Waals surface area contributed by atoms with Gasteiger partial charge in [-0.05, 0) is 57.8 Å². The molecule has 0 bridgehead atoms. The smallest absolute Gasteiger partial charge is 0.163 e. The summed E-state index contributed by atoms with van der Waals surface area (Å²) in [5.41, 5.74) is 4.39. The van der Waals surface area contributed by atoms with Crippen molar-refractivity contribution in [1.82, 2.24) is 15.3 Å². The minimum absolute atomic E-state index is 0.576. The Morgan fingerprint density at radius 3 is 2.38 bits per heavy atom. The molecule has 2 aromatic rings. The van der Waals surface area contributed by atoms with Crippen LogP contribution in [0.15, 0.2) is 16.7 Å². The van der Waals surface area contributed by atoms with Crippen molar-refractivity contribution in [3.63, 3.8) is 0 Å². The summed E-state index contributed by atoms with van der Waals surface area (Å²) in [4.78, 5) is 9.36. The fraction of sp³-hybridized carbons (Fsp3) is 0.529. The molecule has 0 saturated heterocycles. The fourth-order valence-corrected chi connectivity index (χ4v) is 2.58. The Bertz CT molecular complexity index is 581. The molecule has 21 heavy (non-hydrogen) atoms. The van der Waals surface area contributed by atoms with Gasteiger partial charge < -0.3 is 9.73 Å². The molecule has 0 aliphatic heterocycles. The van der Waals surface area contributed by atoms with Crippen LogP contribution >= 0.6 is 0 Å². The summed E-state index contributed by atoms with van der Waals surface area (Å²) in [5, 5.41) is 3.40. The lowest BCUT2D eigenvalue weighted by Crippen LogP contribution is -2.22. The minimum atomic E-state index is 0.576. The Balaban J connectivity index is 2.24. The standard InChI is InChI=1S/C17H25N3O/c1-6-18-10-11(2)9-16-12(3)19-17(20-13(16)4)15-7-8-21-14(15)5/h7-8,11,18H,6,9-10H2,1-5H3. The molecule has 1 N–H and O–H groups in total. The third-order valence-electron chi connectivity index (χ3n) is 3.82. The Labute approximate surface area is 127 Å². The van der Waals surface area contributed by atoms with E-state index in [4.69, 9.17) is 4.42 Å². The van der Waals surface area contributed by atoms with Crippen LogP contribution in [0.5, 0.6) is 0 Å². The molecule has 114 valence electrons. The fourth-order valence-electron chi connectivity index (χ4n) is 2.58. The molecule has 1 atom stereocenters. The van der Waals surface area contributed by atoms with Gasteiger partial charge in [-0.2, -0.15) is 0 Å². The van der Waals surface area contributed by atoms with E-state index in [1.165, 1.54) is 5.56 Å². The molecular formula is C17H25N3O. The summed E-state index contributed by atoms with van der Waals surface area (Å²) in [6, 6.07) is 1.93. The second-order valence-corrected chi connectivity index (χ2v) is 5.70. The SMILES string of the molecule is CCNCC(C)Cc1c(C)nc(-c2ccoc2C)nc1C. The van der Waals surface area contributed by atoms with Crippen molar-refractivity contribution in [1.29, 1.82) is 0 Å². The van der Waals surface area contributed by atoms with Crippen molar-refractivity contribution < 1.29 is 4.42 Å². The van der Waals surface area contributed by atoms with Gasteiger partial charge >= 0.3 is 0 Å². The highest BCUT2D eigenvalue weighted by Gasteiger charge is 2.14. The van der Waals surface area contributed by atoms with Crippen LogP contribution in [0.3, 0.4) is 0 Å². The molecule has 0 fully saturated rings. The first-order valence-corrected chi connectivity index (χ1v) is 7.62. The number of rotatable bonds is 6. The van der Waals surface area contributed by atoms with Crippen LogP contribution < -0.4 is 5.32 Å². The predicted molar refractivity (Wildman–Crippen MR) is 85.4 cm³/mol. The maximum absolute atomic E-state index is 5.35. The summed E-state index contributed by atoms with van der Waals surface area (Å²) < 4.78 is 5.35. The van der Waals surface area contributed by atoms with Gasteiger partial charge in [0.2, 0.25) is 0 Å². The van der Waals surface area contributed by atoms with Crippen molar-refractivity contribution in [2.24, 2.45) is 5.92 Å². The van der Waals surface area contributed by atoms with Gasteiger partial charge in [-0.15, -0.1) is 0 Å². The van der Waals surface area contributed by atoms with E-state index in [1.807, 2.05) is 13.0 Å². The molecule has 0 saturated carbocycles. The van der Waals surface area contributed by atoms with Crippen molar-refractivity contribution in [3.05, 3.63) is 35.0 Å². The zero-order chi connectivity index (χ0) is 15.4. The van der Waals surface area contributed by atoms with Gasteiger partial charge in [-0.25, -0.2) is 9.97 Å². The number of hydrogen-bond donors (Lipinski definition) is 1. The average Bonchev–Trinajstić information content (AvgIpc) is 2.86. The van der Waals surface area contributed by atoms with Crippen LogP contribution in [0.1, 0.15) is 36.6 Å². The molecule has 4 nitrogen and oxygen atoms in total. The van der Waals surface area contributed by atoms with E-state index in [0.717, 1.165) is 48.0 Å². The molecule has 0 amide bonds. The Hall–Kier alpha value is -1.68. The number of aromatic nitrogens is 2. The second kappa shape index (κ2) is 6.85. The first-order valence-electron chi connectivity index (χ1n) is 7.62. The van der Waals surface area contributed by atoms with E-state index in [-0.39, 0.29) is 0 Å². The second-order valence-electron chi connectivity index (χ2n) is 5.70. The highest BCUT2D eigenvalue weighted by molar-refractivity contribution is 5.57. The lowest BCUT2D eigenvalue weighted by Gasteiger charge is -2.15. The van der Waals surface area contributed by atoms with Crippen molar-refractivity contribution in [3.8, 4) is 11.4 Å². The molecule has 4 heteroatoms. The van der Waals surface area contributed by atoms with Gasteiger partial charge in [0.25, 0.3) is 0 Å². The Morgan fingerprint density at radius 1 is 1.19 bits per heavy atom. The average molecular weight is 287 g/mol. The highest BCUT2D eigenvalue weighted by Crippen LogP contribution is 2.24. The number of aryl methyl sites for hydroxylation is 3. The molecule has 0 aliphatic rings. The molecule has 2 rings (SSSR count). The van der Waals surface area contributed by atoms with E-state index in [1.54, 1.807) is 6.26 Å². The molecule has 2 heterocycles. The summed E-state index contributed by atoms with van der Waals surface area (Å²) in [6.07, 6.45) is 2.69.